The predicted octanol–water partition coefficient (Wildman–Crippen LogP) is 0.755. The molecule has 60 valence electrons. The van der Waals surface area contributed by atoms with E-state index < -0.39 is 5.60 Å². The molecule has 0 aromatic carbocycles. The molecule has 0 bridgehead atoms. The molecule has 0 saturated carbocycles. The van der Waals surface area contributed by atoms with Gasteiger partial charge >= 0.3 is 0 Å². The number of aliphatic hydroxyl groups is 1. The summed E-state index contributed by atoms with van der Waals surface area (Å²) in [5.74, 6) is 0.633. The van der Waals surface area contributed by atoms with Gasteiger partial charge in [-0.2, -0.15) is 0 Å². The highest BCUT2D eigenvalue weighted by molar-refractivity contribution is 4.91. The second kappa shape index (κ2) is 2.51. The topological polar surface area (TPSA) is 32.3 Å². The maximum Gasteiger partial charge on any atom is 0.0758 e. The molecule has 0 radical (unpaired) electrons. The number of rotatable bonds is 1. The van der Waals surface area contributed by atoms with Crippen LogP contribution in [0.3, 0.4) is 0 Å². The Bertz CT molecular complexity index is 120. The van der Waals surface area contributed by atoms with E-state index >= 15 is 0 Å². The molecular weight excluding hydrogens is 126 g/mol. The summed E-state index contributed by atoms with van der Waals surface area (Å²) in [6.45, 7) is 7.00. The first-order chi connectivity index (χ1) is 4.51. The summed E-state index contributed by atoms with van der Waals surface area (Å²) < 4.78 is 0. The lowest BCUT2D eigenvalue weighted by Gasteiger charge is -2.16. The maximum absolute atomic E-state index is 9.55. The van der Waals surface area contributed by atoms with E-state index in [-0.39, 0.29) is 0 Å². The van der Waals surface area contributed by atoms with Crippen molar-refractivity contribution in [2.75, 3.05) is 6.54 Å². The van der Waals surface area contributed by atoms with E-state index in [0.717, 1.165) is 13.0 Å². The minimum Gasteiger partial charge on any atom is -0.389 e. The molecule has 2 nitrogen and oxygen atoms in total. The van der Waals surface area contributed by atoms with Gasteiger partial charge in [-0.1, -0.05) is 13.8 Å². The third-order valence-electron chi connectivity index (χ3n) is 2.21. The van der Waals surface area contributed by atoms with Gasteiger partial charge in [0.1, 0.15) is 0 Å². The lowest BCUT2D eigenvalue weighted by molar-refractivity contribution is 0.0776. The Morgan fingerprint density at radius 2 is 2.20 bits per heavy atom. The van der Waals surface area contributed by atoms with Crippen LogP contribution in [0.2, 0.25) is 0 Å². The summed E-state index contributed by atoms with van der Waals surface area (Å²) >= 11 is 0. The lowest BCUT2D eigenvalue weighted by atomic mass is 9.96. The summed E-state index contributed by atoms with van der Waals surface area (Å²) in [4.78, 5) is 0. The summed E-state index contributed by atoms with van der Waals surface area (Å²) in [5, 5.41) is 12.8. The van der Waals surface area contributed by atoms with Crippen LogP contribution < -0.4 is 5.32 Å². The van der Waals surface area contributed by atoms with Crippen LogP contribution in [0, 0.1) is 5.92 Å². The van der Waals surface area contributed by atoms with Crippen molar-refractivity contribution in [3.05, 3.63) is 0 Å². The van der Waals surface area contributed by atoms with Crippen LogP contribution in [-0.4, -0.2) is 23.3 Å². The average molecular weight is 143 g/mol. The largest absolute Gasteiger partial charge is 0.389 e. The maximum atomic E-state index is 9.55. The Kier molecular flexibility index (Phi) is 2.02. The van der Waals surface area contributed by atoms with Crippen LogP contribution in [0.5, 0.6) is 0 Å². The van der Waals surface area contributed by atoms with Crippen LogP contribution in [0.4, 0.5) is 0 Å². The molecule has 1 rings (SSSR count). The third kappa shape index (κ3) is 1.70. The highest BCUT2D eigenvalue weighted by Crippen LogP contribution is 2.22. The molecule has 1 heterocycles. The molecule has 0 aromatic heterocycles. The van der Waals surface area contributed by atoms with Crippen molar-refractivity contribution in [3.8, 4) is 0 Å². The van der Waals surface area contributed by atoms with Crippen LogP contribution in [0.1, 0.15) is 27.2 Å². The third-order valence-corrected chi connectivity index (χ3v) is 2.21. The molecule has 1 aliphatic rings. The van der Waals surface area contributed by atoms with E-state index in [2.05, 4.69) is 19.2 Å². The Labute approximate surface area is 62.6 Å². The fraction of sp³-hybridized carbons (Fsp3) is 1.00. The molecule has 0 spiro atoms. The number of hydrogen-bond donors (Lipinski definition) is 2. The SMILES string of the molecule is CC(C)C1CC(C)(O)CN1. The molecule has 1 saturated heterocycles. The van der Waals surface area contributed by atoms with Crippen LogP contribution in [-0.2, 0) is 0 Å². The molecule has 0 aliphatic carbocycles. The zero-order valence-electron chi connectivity index (χ0n) is 7.02. The Morgan fingerprint density at radius 3 is 2.40 bits per heavy atom. The first kappa shape index (κ1) is 8.02. The van der Waals surface area contributed by atoms with Crippen LogP contribution in [0.15, 0.2) is 0 Å². The van der Waals surface area contributed by atoms with E-state index in [1.807, 2.05) is 6.92 Å². The van der Waals surface area contributed by atoms with Gasteiger partial charge in [-0.3, -0.25) is 0 Å². The fourth-order valence-corrected chi connectivity index (χ4v) is 1.44. The zero-order valence-corrected chi connectivity index (χ0v) is 7.02. The Hall–Kier alpha value is -0.0800. The van der Waals surface area contributed by atoms with Gasteiger partial charge in [0, 0.05) is 12.6 Å². The molecule has 10 heavy (non-hydrogen) atoms. The smallest absolute Gasteiger partial charge is 0.0758 e. The van der Waals surface area contributed by atoms with Gasteiger partial charge in [-0.05, 0) is 19.3 Å². The van der Waals surface area contributed by atoms with Gasteiger partial charge in [0.2, 0.25) is 0 Å². The minimum absolute atomic E-state index is 0.463. The number of β-amino-alcohol motifs (C(OH)–C–C–N with tert-alkyl or cyclic N) is 1. The fourth-order valence-electron chi connectivity index (χ4n) is 1.44. The van der Waals surface area contributed by atoms with Gasteiger partial charge in [-0.15, -0.1) is 0 Å². The van der Waals surface area contributed by atoms with E-state index in [1.54, 1.807) is 0 Å². The lowest BCUT2D eigenvalue weighted by Crippen LogP contribution is -2.27. The minimum atomic E-state index is -0.463. The Balaban J connectivity index is 2.43. The van der Waals surface area contributed by atoms with Crippen molar-refractivity contribution in [3.63, 3.8) is 0 Å². The standard InChI is InChI=1S/C8H17NO/c1-6(2)7-4-8(3,10)5-9-7/h6-7,9-10H,4-5H2,1-3H3. The summed E-state index contributed by atoms with van der Waals surface area (Å²) in [5.41, 5.74) is -0.463. The highest BCUT2D eigenvalue weighted by atomic mass is 16.3. The van der Waals surface area contributed by atoms with E-state index in [9.17, 15) is 5.11 Å². The van der Waals surface area contributed by atoms with Gasteiger partial charge in [0.05, 0.1) is 5.60 Å². The van der Waals surface area contributed by atoms with Crippen molar-refractivity contribution in [2.45, 2.75) is 38.8 Å². The average Bonchev–Trinajstić information content (AvgIpc) is 2.10. The molecule has 1 aliphatic heterocycles. The van der Waals surface area contributed by atoms with Crippen molar-refractivity contribution in [1.82, 2.24) is 5.32 Å². The van der Waals surface area contributed by atoms with Crippen LogP contribution in [0.25, 0.3) is 0 Å². The summed E-state index contributed by atoms with van der Waals surface area (Å²) in [7, 11) is 0. The van der Waals surface area contributed by atoms with Gasteiger partial charge < -0.3 is 10.4 Å². The van der Waals surface area contributed by atoms with E-state index in [4.69, 9.17) is 0 Å². The normalized spacial score (nSPS) is 41.1. The molecule has 0 aromatic rings. The second-order valence-electron chi connectivity index (χ2n) is 3.93. The van der Waals surface area contributed by atoms with Crippen molar-refractivity contribution < 1.29 is 5.11 Å². The van der Waals surface area contributed by atoms with E-state index in [0.29, 0.717) is 12.0 Å². The second-order valence-corrected chi connectivity index (χ2v) is 3.93. The predicted molar refractivity (Wildman–Crippen MR) is 41.9 cm³/mol. The molecular formula is C8H17NO. The summed E-state index contributed by atoms with van der Waals surface area (Å²) in [6.07, 6.45) is 0.894. The zero-order chi connectivity index (χ0) is 7.78. The van der Waals surface area contributed by atoms with Crippen molar-refractivity contribution >= 4 is 0 Å². The van der Waals surface area contributed by atoms with Gasteiger partial charge in [0.25, 0.3) is 0 Å². The number of hydrogen-bond acceptors (Lipinski definition) is 2. The monoisotopic (exact) mass is 143 g/mol. The first-order valence-electron chi connectivity index (χ1n) is 3.97. The molecule has 0 amide bonds. The van der Waals surface area contributed by atoms with Crippen molar-refractivity contribution in [2.24, 2.45) is 5.92 Å². The number of nitrogens with one attached hydrogen (secondary N) is 1. The summed E-state index contributed by atoms with van der Waals surface area (Å²) in [6, 6.07) is 0.509. The molecule has 1 fully saturated rings. The van der Waals surface area contributed by atoms with Crippen LogP contribution >= 0.6 is 0 Å². The van der Waals surface area contributed by atoms with Gasteiger partial charge in [0.15, 0.2) is 0 Å². The highest BCUT2D eigenvalue weighted by Gasteiger charge is 2.33. The quantitative estimate of drug-likeness (QED) is 0.568. The Morgan fingerprint density at radius 1 is 1.60 bits per heavy atom. The van der Waals surface area contributed by atoms with E-state index in [1.165, 1.54) is 0 Å². The van der Waals surface area contributed by atoms with Crippen molar-refractivity contribution in [1.29, 1.82) is 0 Å². The first-order valence-corrected chi connectivity index (χ1v) is 3.97. The molecule has 2 atom stereocenters. The molecule has 2 unspecified atom stereocenters. The molecule has 2 heteroatoms. The molecule has 2 N–H and O–H groups in total. The van der Waals surface area contributed by atoms with Gasteiger partial charge in [-0.25, -0.2) is 0 Å².